The van der Waals surface area contributed by atoms with E-state index < -0.39 is 9.84 Å². The Balaban J connectivity index is 1.77. The number of sulfone groups is 1. The topological polar surface area (TPSA) is 43.4 Å². The van der Waals surface area contributed by atoms with Gasteiger partial charge in [-0.2, -0.15) is 0 Å². The monoisotopic (exact) mass is 244 g/mol. The molecule has 1 atom stereocenters. The highest BCUT2D eigenvalue weighted by atomic mass is 32.2. The molecule has 0 aromatic rings. The highest BCUT2D eigenvalue weighted by Crippen LogP contribution is 2.26. The van der Waals surface area contributed by atoms with Gasteiger partial charge in [-0.3, -0.25) is 0 Å². The number of hydrogen-bond acceptors (Lipinski definition) is 3. The average molecular weight is 244 g/mol. The molecule has 0 N–H and O–H groups in total. The molecule has 1 aliphatic heterocycles. The summed E-state index contributed by atoms with van der Waals surface area (Å²) in [6, 6.07) is 0. The van der Waals surface area contributed by atoms with Gasteiger partial charge in [0.15, 0.2) is 9.84 Å². The molecule has 1 saturated carbocycles. The molecule has 0 spiro atoms. The summed E-state index contributed by atoms with van der Waals surface area (Å²) < 4.78 is 27.7. The first-order valence-corrected chi connectivity index (χ1v) is 7.93. The number of ether oxygens (including phenoxy) is 1. The molecule has 0 bridgehead atoms. The number of hydrogen-bond donors (Lipinski definition) is 0. The second-order valence-corrected chi connectivity index (χ2v) is 7.17. The van der Waals surface area contributed by atoms with E-state index in [0.29, 0.717) is 11.5 Å². The minimum absolute atomic E-state index is 0.0398. The summed E-state index contributed by atoms with van der Waals surface area (Å²) in [7, 11) is -2.72. The van der Waals surface area contributed by atoms with Crippen LogP contribution in [0.4, 0.5) is 0 Å². The van der Waals surface area contributed by atoms with Crippen molar-refractivity contribution in [2.45, 2.75) is 45.1 Å². The third-order valence-electron chi connectivity index (χ3n) is 3.55. The average Bonchev–Trinajstić information content (AvgIpc) is 2.24. The van der Waals surface area contributed by atoms with Crippen molar-refractivity contribution in [2.75, 3.05) is 11.5 Å². The van der Waals surface area contributed by atoms with Gasteiger partial charge in [0.2, 0.25) is 0 Å². The van der Waals surface area contributed by atoms with E-state index in [9.17, 15) is 8.42 Å². The van der Waals surface area contributed by atoms with E-state index in [1.54, 1.807) is 0 Å². The van der Waals surface area contributed by atoms with Gasteiger partial charge in [-0.1, -0.05) is 6.42 Å². The van der Waals surface area contributed by atoms with Gasteiger partial charge in [0.1, 0.15) is 0 Å². The summed E-state index contributed by atoms with van der Waals surface area (Å²) >= 11 is 0. The summed E-state index contributed by atoms with van der Waals surface area (Å²) in [4.78, 5) is 0. The highest BCUT2D eigenvalue weighted by Gasteiger charge is 2.37. The fraction of sp³-hybridized carbons (Fsp3) is 0.833. The van der Waals surface area contributed by atoms with Crippen LogP contribution in [-0.2, 0) is 14.6 Å². The van der Waals surface area contributed by atoms with Crippen molar-refractivity contribution in [1.29, 1.82) is 0 Å². The Morgan fingerprint density at radius 3 is 2.44 bits per heavy atom. The summed E-state index contributed by atoms with van der Waals surface area (Å²) in [5.74, 6) is 0.805. The van der Waals surface area contributed by atoms with Gasteiger partial charge in [0, 0.05) is 5.92 Å². The van der Waals surface area contributed by atoms with Gasteiger partial charge in [-0.05, 0) is 38.2 Å². The fourth-order valence-electron chi connectivity index (χ4n) is 2.31. The molecule has 0 amide bonds. The molecule has 1 heterocycles. The molecule has 2 aliphatic rings. The lowest BCUT2D eigenvalue weighted by molar-refractivity contribution is 0.111. The van der Waals surface area contributed by atoms with Crippen molar-refractivity contribution >= 4 is 9.84 Å². The van der Waals surface area contributed by atoms with Crippen LogP contribution in [0.2, 0.25) is 0 Å². The molecule has 1 unspecified atom stereocenters. The van der Waals surface area contributed by atoms with Crippen LogP contribution < -0.4 is 0 Å². The molecular weight excluding hydrogens is 224 g/mol. The zero-order chi connectivity index (χ0) is 11.6. The molecule has 1 aliphatic carbocycles. The van der Waals surface area contributed by atoms with Crippen molar-refractivity contribution in [1.82, 2.24) is 0 Å². The van der Waals surface area contributed by atoms with Crippen LogP contribution in [-0.4, -0.2) is 26.0 Å². The molecule has 0 aromatic carbocycles. The Hall–Kier alpha value is -0.510. The largest absolute Gasteiger partial charge is 0.498 e. The SMILES string of the molecule is CC(OC=C1CCCCC1)C1CS(=O)(=O)C1. The highest BCUT2D eigenvalue weighted by molar-refractivity contribution is 7.92. The van der Waals surface area contributed by atoms with Gasteiger partial charge >= 0.3 is 0 Å². The van der Waals surface area contributed by atoms with Crippen molar-refractivity contribution in [3.05, 3.63) is 11.8 Å². The van der Waals surface area contributed by atoms with E-state index in [4.69, 9.17) is 4.74 Å². The zero-order valence-electron chi connectivity index (χ0n) is 9.81. The number of rotatable bonds is 3. The van der Waals surface area contributed by atoms with E-state index in [1.807, 2.05) is 13.2 Å². The zero-order valence-corrected chi connectivity index (χ0v) is 10.6. The lowest BCUT2D eigenvalue weighted by Crippen LogP contribution is -2.43. The molecule has 0 radical (unpaired) electrons. The Morgan fingerprint density at radius 1 is 1.25 bits per heavy atom. The van der Waals surface area contributed by atoms with Gasteiger partial charge in [-0.15, -0.1) is 0 Å². The third kappa shape index (κ3) is 3.00. The molecule has 16 heavy (non-hydrogen) atoms. The van der Waals surface area contributed by atoms with Gasteiger partial charge in [0.25, 0.3) is 0 Å². The molecule has 2 rings (SSSR count). The minimum Gasteiger partial charge on any atom is -0.498 e. The van der Waals surface area contributed by atoms with Crippen LogP contribution in [0.15, 0.2) is 11.8 Å². The Morgan fingerprint density at radius 2 is 1.88 bits per heavy atom. The summed E-state index contributed by atoms with van der Waals surface area (Å²) in [6.07, 6.45) is 8.08. The van der Waals surface area contributed by atoms with Crippen molar-refractivity contribution in [3.63, 3.8) is 0 Å². The molecule has 3 nitrogen and oxygen atoms in total. The van der Waals surface area contributed by atoms with E-state index in [2.05, 4.69) is 0 Å². The molecular formula is C12H20O3S. The standard InChI is InChI=1S/C12H20O3S/c1-10(12-8-16(13,14)9-12)15-7-11-5-3-2-4-6-11/h7,10,12H,2-6,8-9H2,1H3. The second kappa shape index (κ2) is 4.78. The van der Waals surface area contributed by atoms with Crippen LogP contribution >= 0.6 is 0 Å². The van der Waals surface area contributed by atoms with Crippen LogP contribution in [0.5, 0.6) is 0 Å². The Labute approximate surface area is 97.8 Å². The third-order valence-corrected chi connectivity index (χ3v) is 5.42. The quantitative estimate of drug-likeness (QED) is 0.715. The van der Waals surface area contributed by atoms with Crippen LogP contribution in [0.25, 0.3) is 0 Å². The first-order chi connectivity index (χ1) is 7.57. The minimum atomic E-state index is -2.72. The van der Waals surface area contributed by atoms with E-state index in [1.165, 1.54) is 24.8 Å². The maximum absolute atomic E-state index is 11.0. The summed E-state index contributed by atoms with van der Waals surface area (Å²) in [5.41, 5.74) is 1.39. The Bertz CT molecular complexity index is 350. The fourth-order valence-corrected chi connectivity index (χ4v) is 4.06. The first-order valence-electron chi connectivity index (χ1n) is 6.11. The van der Waals surface area contributed by atoms with Crippen LogP contribution in [0.1, 0.15) is 39.0 Å². The molecule has 0 aromatic heterocycles. The molecule has 2 fully saturated rings. The Kier molecular flexibility index (Phi) is 3.57. The maximum Gasteiger partial charge on any atom is 0.151 e. The lowest BCUT2D eigenvalue weighted by atomic mass is 9.96. The lowest BCUT2D eigenvalue weighted by Gasteiger charge is -2.30. The molecule has 1 saturated heterocycles. The van der Waals surface area contributed by atoms with Crippen LogP contribution in [0, 0.1) is 5.92 Å². The first kappa shape index (κ1) is 12.0. The van der Waals surface area contributed by atoms with Crippen molar-refractivity contribution in [2.24, 2.45) is 5.92 Å². The molecule has 4 heteroatoms. The second-order valence-electron chi connectivity index (χ2n) is 5.01. The van der Waals surface area contributed by atoms with E-state index >= 15 is 0 Å². The van der Waals surface area contributed by atoms with Crippen molar-refractivity contribution < 1.29 is 13.2 Å². The van der Waals surface area contributed by atoms with Gasteiger partial charge in [-0.25, -0.2) is 8.42 Å². The van der Waals surface area contributed by atoms with E-state index in [0.717, 1.165) is 12.8 Å². The summed E-state index contributed by atoms with van der Waals surface area (Å²) in [6.45, 7) is 1.97. The number of allylic oxidation sites excluding steroid dienone is 1. The van der Waals surface area contributed by atoms with Gasteiger partial charge < -0.3 is 4.74 Å². The predicted octanol–water partition coefficient (Wildman–Crippen LogP) is 2.28. The smallest absolute Gasteiger partial charge is 0.151 e. The predicted molar refractivity (Wildman–Crippen MR) is 63.9 cm³/mol. The van der Waals surface area contributed by atoms with E-state index in [-0.39, 0.29) is 12.0 Å². The van der Waals surface area contributed by atoms with Gasteiger partial charge in [0.05, 0.1) is 23.9 Å². The van der Waals surface area contributed by atoms with Crippen LogP contribution in [0.3, 0.4) is 0 Å². The summed E-state index contributed by atoms with van der Waals surface area (Å²) in [5, 5.41) is 0. The normalized spacial score (nSPS) is 26.9. The molecule has 92 valence electrons. The van der Waals surface area contributed by atoms with Crippen molar-refractivity contribution in [3.8, 4) is 0 Å². The maximum atomic E-state index is 11.0.